The fourth-order valence-corrected chi connectivity index (χ4v) is 0.819. The lowest BCUT2D eigenvalue weighted by Crippen LogP contribution is -2.21. The molecule has 14 heavy (non-hydrogen) atoms. The van der Waals surface area contributed by atoms with Crippen LogP contribution >= 0.6 is 0 Å². The highest BCUT2D eigenvalue weighted by atomic mass is 16.5. The molecule has 0 spiro atoms. The normalized spacial score (nSPS) is 11.8. The SMILES string of the molecule is N#Cc1cccnc1OC[C@H](O)CO. The van der Waals surface area contributed by atoms with Gasteiger partial charge in [-0.3, -0.25) is 0 Å². The molecular weight excluding hydrogens is 184 g/mol. The zero-order valence-corrected chi connectivity index (χ0v) is 7.42. The van der Waals surface area contributed by atoms with Gasteiger partial charge in [-0.15, -0.1) is 0 Å². The molecule has 1 rings (SSSR count). The molecule has 0 bridgehead atoms. The molecule has 1 heterocycles. The number of nitrogens with zero attached hydrogens (tertiary/aromatic N) is 2. The quantitative estimate of drug-likeness (QED) is 0.686. The van der Waals surface area contributed by atoms with Crippen molar-refractivity contribution in [1.82, 2.24) is 4.98 Å². The summed E-state index contributed by atoms with van der Waals surface area (Å²) in [5.41, 5.74) is 0.303. The van der Waals surface area contributed by atoms with E-state index < -0.39 is 6.10 Å². The summed E-state index contributed by atoms with van der Waals surface area (Å²) >= 11 is 0. The Bertz CT molecular complexity index is 335. The predicted octanol–water partition coefficient (Wildman–Crippen LogP) is -0.315. The fourth-order valence-electron chi connectivity index (χ4n) is 0.819. The Balaban J connectivity index is 2.63. The fraction of sp³-hybridized carbons (Fsp3) is 0.333. The number of aromatic nitrogens is 1. The minimum absolute atomic E-state index is 0.0812. The average molecular weight is 194 g/mol. The second kappa shape index (κ2) is 5.17. The zero-order chi connectivity index (χ0) is 10.4. The van der Waals surface area contributed by atoms with Gasteiger partial charge < -0.3 is 14.9 Å². The maximum absolute atomic E-state index is 9.00. The Morgan fingerprint density at radius 2 is 2.43 bits per heavy atom. The molecule has 0 unspecified atom stereocenters. The van der Waals surface area contributed by atoms with Crippen LogP contribution in [0.1, 0.15) is 5.56 Å². The molecular formula is C9H10N2O3. The molecule has 0 aliphatic heterocycles. The lowest BCUT2D eigenvalue weighted by atomic mass is 10.3. The van der Waals surface area contributed by atoms with Gasteiger partial charge in [0.25, 0.3) is 0 Å². The summed E-state index contributed by atoms with van der Waals surface area (Å²) in [7, 11) is 0. The molecule has 0 saturated carbocycles. The number of ether oxygens (including phenoxy) is 1. The smallest absolute Gasteiger partial charge is 0.231 e. The topological polar surface area (TPSA) is 86.4 Å². The van der Waals surface area contributed by atoms with Gasteiger partial charge in [0.1, 0.15) is 24.3 Å². The standard InChI is InChI=1S/C9H10N2O3/c10-4-7-2-1-3-11-9(7)14-6-8(13)5-12/h1-3,8,12-13H,5-6H2/t8-/m1/s1. The van der Waals surface area contributed by atoms with Crippen LogP contribution in [0.5, 0.6) is 5.88 Å². The van der Waals surface area contributed by atoms with Crippen molar-refractivity contribution in [3.8, 4) is 11.9 Å². The molecule has 0 fully saturated rings. The van der Waals surface area contributed by atoms with Crippen molar-refractivity contribution < 1.29 is 14.9 Å². The van der Waals surface area contributed by atoms with Crippen LogP contribution in [-0.4, -0.2) is 34.5 Å². The van der Waals surface area contributed by atoms with Gasteiger partial charge in [0.05, 0.1) is 6.61 Å². The summed E-state index contributed by atoms with van der Waals surface area (Å²) in [6, 6.07) is 5.09. The maximum atomic E-state index is 9.00. The number of pyridine rings is 1. The van der Waals surface area contributed by atoms with E-state index in [1.807, 2.05) is 6.07 Å². The zero-order valence-electron chi connectivity index (χ0n) is 7.42. The monoisotopic (exact) mass is 194 g/mol. The van der Waals surface area contributed by atoms with Crippen LogP contribution < -0.4 is 4.74 Å². The number of aliphatic hydroxyl groups is 2. The van der Waals surface area contributed by atoms with Crippen LogP contribution in [0.15, 0.2) is 18.3 Å². The third-order valence-electron chi connectivity index (χ3n) is 1.51. The van der Waals surface area contributed by atoms with Gasteiger partial charge in [-0.05, 0) is 12.1 Å². The lowest BCUT2D eigenvalue weighted by Gasteiger charge is -2.09. The summed E-state index contributed by atoms with van der Waals surface area (Å²) in [5, 5.41) is 26.2. The number of aliphatic hydroxyl groups excluding tert-OH is 2. The highest BCUT2D eigenvalue weighted by Gasteiger charge is 2.07. The molecule has 1 aromatic rings. The van der Waals surface area contributed by atoms with Crippen LogP contribution in [0.4, 0.5) is 0 Å². The molecule has 1 aromatic heterocycles. The second-order valence-electron chi connectivity index (χ2n) is 2.62. The van der Waals surface area contributed by atoms with Gasteiger partial charge in [-0.25, -0.2) is 4.98 Å². The van der Waals surface area contributed by atoms with Gasteiger partial charge >= 0.3 is 0 Å². The Kier molecular flexibility index (Phi) is 3.85. The number of nitriles is 1. The van der Waals surface area contributed by atoms with Crippen LogP contribution in [0.3, 0.4) is 0 Å². The molecule has 74 valence electrons. The average Bonchev–Trinajstić information content (AvgIpc) is 2.26. The predicted molar refractivity (Wildman–Crippen MR) is 47.5 cm³/mol. The third-order valence-corrected chi connectivity index (χ3v) is 1.51. The van der Waals surface area contributed by atoms with E-state index in [0.717, 1.165) is 0 Å². The van der Waals surface area contributed by atoms with Crippen molar-refractivity contribution in [3.05, 3.63) is 23.9 Å². The summed E-state index contributed by atoms with van der Waals surface area (Å²) in [6.07, 6.45) is 0.533. The van der Waals surface area contributed by atoms with Crippen LogP contribution in [0.2, 0.25) is 0 Å². The Hall–Kier alpha value is -1.64. The minimum Gasteiger partial charge on any atom is -0.474 e. The molecule has 0 aromatic carbocycles. The molecule has 0 saturated heterocycles. The van der Waals surface area contributed by atoms with E-state index in [1.165, 1.54) is 6.20 Å². The Labute approximate surface area is 81.2 Å². The molecule has 0 aliphatic rings. The van der Waals surface area contributed by atoms with Crippen LogP contribution in [0, 0.1) is 11.3 Å². The molecule has 0 aliphatic carbocycles. The number of rotatable bonds is 4. The molecule has 5 heteroatoms. The summed E-state index contributed by atoms with van der Waals surface area (Å²) in [6.45, 7) is -0.461. The van der Waals surface area contributed by atoms with Gasteiger partial charge in [-0.1, -0.05) is 0 Å². The van der Waals surface area contributed by atoms with Crippen molar-refractivity contribution in [3.63, 3.8) is 0 Å². The highest BCUT2D eigenvalue weighted by molar-refractivity contribution is 5.36. The molecule has 5 nitrogen and oxygen atoms in total. The minimum atomic E-state index is -0.955. The van der Waals surface area contributed by atoms with Crippen LogP contribution in [-0.2, 0) is 0 Å². The van der Waals surface area contributed by atoms with E-state index >= 15 is 0 Å². The molecule has 1 atom stereocenters. The van der Waals surface area contributed by atoms with E-state index in [9.17, 15) is 0 Å². The van der Waals surface area contributed by atoms with E-state index in [1.54, 1.807) is 12.1 Å². The van der Waals surface area contributed by atoms with Crippen molar-refractivity contribution in [2.24, 2.45) is 0 Å². The summed E-state index contributed by atoms with van der Waals surface area (Å²) in [4.78, 5) is 3.82. The first-order valence-electron chi connectivity index (χ1n) is 4.04. The van der Waals surface area contributed by atoms with Gasteiger partial charge in [0.15, 0.2) is 0 Å². The van der Waals surface area contributed by atoms with Gasteiger partial charge in [-0.2, -0.15) is 5.26 Å². The van der Waals surface area contributed by atoms with E-state index in [2.05, 4.69) is 4.98 Å². The van der Waals surface area contributed by atoms with Crippen molar-refractivity contribution >= 4 is 0 Å². The van der Waals surface area contributed by atoms with Crippen molar-refractivity contribution in [2.75, 3.05) is 13.2 Å². The number of hydrogen-bond acceptors (Lipinski definition) is 5. The van der Waals surface area contributed by atoms with Crippen molar-refractivity contribution in [1.29, 1.82) is 5.26 Å². The summed E-state index contributed by atoms with van der Waals surface area (Å²) in [5.74, 6) is 0.169. The van der Waals surface area contributed by atoms with E-state index in [-0.39, 0.29) is 19.1 Å². The first-order chi connectivity index (χ1) is 6.77. The Morgan fingerprint density at radius 1 is 1.64 bits per heavy atom. The Morgan fingerprint density at radius 3 is 3.07 bits per heavy atom. The van der Waals surface area contributed by atoms with Crippen LogP contribution in [0.25, 0.3) is 0 Å². The molecule has 0 radical (unpaired) electrons. The number of hydrogen-bond donors (Lipinski definition) is 2. The van der Waals surface area contributed by atoms with Crippen molar-refractivity contribution in [2.45, 2.75) is 6.10 Å². The first kappa shape index (κ1) is 10.4. The van der Waals surface area contributed by atoms with Gasteiger partial charge in [0, 0.05) is 6.20 Å². The van der Waals surface area contributed by atoms with E-state index in [4.69, 9.17) is 20.2 Å². The largest absolute Gasteiger partial charge is 0.474 e. The highest BCUT2D eigenvalue weighted by Crippen LogP contribution is 2.12. The third kappa shape index (κ3) is 2.69. The van der Waals surface area contributed by atoms with E-state index in [0.29, 0.717) is 5.56 Å². The maximum Gasteiger partial charge on any atom is 0.231 e. The molecule has 2 N–H and O–H groups in total. The lowest BCUT2D eigenvalue weighted by molar-refractivity contribution is 0.0520. The molecule has 0 amide bonds. The van der Waals surface area contributed by atoms with Gasteiger partial charge in [0.2, 0.25) is 5.88 Å². The summed E-state index contributed by atoms with van der Waals surface area (Å²) < 4.78 is 5.04. The first-order valence-corrected chi connectivity index (χ1v) is 4.04. The second-order valence-corrected chi connectivity index (χ2v) is 2.62.